The number of ether oxygens (including phenoxy) is 1. The molecule has 1 N–H and O–H groups in total. The minimum atomic E-state index is 0.682. The highest BCUT2D eigenvalue weighted by Gasteiger charge is 1.98. The molecule has 0 unspecified atom stereocenters. The van der Waals surface area contributed by atoms with Crippen molar-refractivity contribution in [1.29, 1.82) is 0 Å². The molecule has 0 amide bonds. The zero-order valence-corrected chi connectivity index (χ0v) is 11.9. The van der Waals surface area contributed by atoms with E-state index in [1.807, 2.05) is 42.9 Å². The first kappa shape index (κ1) is 14.5. The first-order valence-electron chi connectivity index (χ1n) is 7.06. The van der Waals surface area contributed by atoms with Crippen LogP contribution in [0.3, 0.4) is 0 Å². The van der Waals surface area contributed by atoms with Crippen LogP contribution in [0, 0.1) is 0 Å². The van der Waals surface area contributed by atoms with Crippen LogP contribution in [0.2, 0.25) is 0 Å². The van der Waals surface area contributed by atoms with Gasteiger partial charge in [0.05, 0.1) is 6.61 Å². The Bertz CT molecular complexity index is 485. The van der Waals surface area contributed by atoms with Gasteiger partial charge in [0.25, 0.3) is 0 Å². The predicted octanol–water partition coefficient (Wildman–Crippen LogP) is 2.60. The van der Waals surface area contributed by atoms with Gasteiger partial charge < -0.3 is 10.1 Å². The van der Waals surface area contributed by atoms with E-state index in [-0.39, 0.29) is 0 Å². The molecule has 20 heavy (non-hydrogen) atoms. The van der Waals surface area contributed by atoms with Crippen molar-refractivity contribution in [2.45, 2.75) is 26.3 Å². The average molecular weight is 271 g/mol. The van der Waals surface area contributed by atoms with Gasteiger partial charge in [0.1, 0.15) is 0 Å². The fraction of sp³-hybridized carbons (Fsp3) is 0.375. The summed E-state index contributed by atoms with van der Waals surface area (Å²) in [4.78, 5) is 8.31. The molecule has 4 nitrogen and oxygen atoms in total. The molecule has 0 radical (unpaired) electrons. The lowest BCUT2D eigenvalue weighted by Gasteiger charge is -2.06. The number of aromatic nitrogens is 2. The maximum absolute atomic E-state index is 5.64. The predicted molar refractivity (Wildman–Crippen MR) is 79.7 cm³/mol. The van der Waals surface area contributed by atoms with Gasteiger partial charge in [-0.3, -0.25) is 4.98 Å². The summed E-state index contributed by atoms with van der Waals surface area (Å²) in [5, 5.41) is 3.27. The van der Waals surface area contributed by atoms with Crippen LogP contribution in [0.1, 0.15) is 24.5 Å². The van der Waals surface area contributed by atoms with Crippen molar-refractivity contribution < 1.29 is 4.74 Å². The maximum atomic E-state index is 5.64. The number of hydrogen-bond acceptors (Lipinski definition) is 4. The molecule has 0 saturated heterocycles. The summed E-state index contributed by atoms with van der Waals surface area (Å²) in [6.07, 6.45) is 7.48. The Balaban J connectivity index is 1.69. The Kier molecular flexibility index (Phi) is 5.99. The molecule has 2 aromatic heterocycles. The topological polar surface area (TPSA) is 47.0 Å². The molecule has 0 saturated carbocycles. The summed E-state index contributed by atoms with van der Waals surface area (Å²) in [7, 11) is 0. The molecular formula is C16H21N3O. The van der Waals surface area contributed by atoms with Crippen LogP contribution in [0.15, 0.2) is 42.9 Å². The number of nitrogens with one attached hydrogen (secondary N) is 1. The van der Waals surface area contributed by atoms with Crippen LogP contribution in [0.5, 0.6) is 5.88 Å². The number of rotatable bonds is 8. The lowest BCUT2D eigenvalue weighted by molar-refractivity contribution is 0.299. The van der Waals surface area contributed by atoms with Crippen molar-refractivity contribution in [1.82, 2.24) is 15.3 Å². The molecule has 2 aromatic rings. The zero-order chi connectivity index (χ0) is 14.0. The molecule has 0 aromatic carbocycles. The molecule has 2 heterocycles. The van der Waals surface area contributed by atoms with Gasteiger partial charge in [-0.15, -0.1) is 0 Å². The molecule has 0 aliphatic carbocycles. The summed E-state index contributed by atoms with van der Waals surface area (Å²) in [5.74, 6) is 0.694. The molecular weight excluding hydrogens is 250 g/mol. The van der Waals surface area contributed by atoms with E-state index in [0.29, 0.717) is 12.5 Å². The van der Waals surface area contributed by atoms with Crippen molar-refractivity contribution >= 4 is 0 Å². The molecule has 0 aliphatic rings. The summed E-state index contributed by atoms with van der Waals surface area (Å²) in [5.41, 5.74) is 2.47. The summed E-state index contributed by atoms with van der Waals surface area (Å²) in [6.45, 7) is 4.59. The second kappa shape index (κ2) is 8.27. The van der Waals surface area contributed by atoms with Crippen LogP contribution in [-0.2, 0) is 13.0 Å². The van der Waals surface area contributed by atoms with E-state index >= 15 is 0 Å². The normalized spacial score (nSPS) is 10.4. The first-order chi connectivity index (χ1) is 9.88. The highest BCUT2D eigenvalue weighted by molar-refractivity contribution is 5.17. The highest BCUT2D eigenvalue weighted by atomic mass is 16.5. The third-order valence-corrected chi connectivity index (χ3v) is 2.99. The Labute approximate surface area is 120 Å². The van der Waals surface area contributed by atoms with Crippen molar-refractivity contribution in [2.75, 3.05) is 13.2 Å². The molecule has 0 aliphatic heterocycles. The fourth-order valence-corrected chi connectivity index (χ4v) is 1.87. The number of pyridine rings is 2. The van der Waals surface area contributed by atoms with Crippen molar-refractivity contribution in [2.24, 2.45) is 0 Å². The lowest BCUT2D eigenvalue weighted by Crippen LogP contribution is -2.11. The van der Waals surface area contributed by atoms with E-state index in [1.54, 1.807) is 0 Å². The Morgan fingerprint density at radius 2 is 1.95 bits per heavy atom. The minimum Gasteiger partial charge on any atom is -0.478 e. The van der Waals surface area contributed by atoms with Gasteiger partial charge in [-0.1, -0.05) is 13.0 Å². The molecule has 0 spiro atoms. The van der Waals surface area contributed by atoms with Crippen LogP contribution in [0.25, 0.3) is 0 Å². The Morgan fingerprint density at radius 1 is 1.10 bits per heavy atom. The molecule has 0 bridgehead atoms. The van der Waals surface area contributed by atoms with Crippen LogP contribution in [0.4, 0.5) is 0 Å². The smallest absolute Gasteiger partial charge is 0.213 e. The largest absolute Gasteiger partial charge is 0.478 e. The van der Waals surface area contributed by atoms with Crippen LogP contribution in [-0.4, -0.2) is 23.1 Å². The van der Waals surface area contributed by atoms with E-state index in [2.05, 4.69) is 22.2 Å². The Morgan fingerprint density at radius 3 is 2.65 bits per heavy atom. The summed E-state index contributed by atoms with van der Waals surface area (Å²) < 4.78 is 5.64. The fourth-order valence-electron chi connectivity index (χ4n) is 1.87. The van der Waals surface area contributed by atoms with Crippen LogP contribution < -0.4 is 10.1 Å². The van der Waals surface area contributed by atoms with Gasteiger partial charge in [0.15, 0.2) is 0 Å². The maximum Gasteiger partial charge on any atom is 0.213 e. The van der Waals surface area contributed by atoms with E-state index in [1.165, 1.54) is 11.1 Å². The van der Waals surface area contributed by atoms with E-state index in [9.17, 15) is 0 Å². The number of hydrogen-bond donors (Lipinski definition) is 1. The van der Waals surface area contributed by atoms with Crippen molar-refractivity contribution in [3.63, 3.8) is 0 Å². The third-order valence-electron chi connectivity index (χ3n) is 2.99. The standard InChI is InChI=1S/C16H21N3O/c1-2-17-12-15-5-6-16(19-13-15)20-11-3-4-14-7-9-18-10-8-14/h5-10,13,17H,2-4,11-12H2,1H3. The first-order valence-corrected chi connectivity index (χ1v) is 7.06. The quantitative estimate of drug-likeness (QED) is 0.750. The van der Waals surface area contributed by atoms with Gasteiger partial charge in [0.2, 0.25) is 5.88 Å². The molecule has 106 valence electrons. The van der Waals surface area contributed by atoms with Gasteiger partial charge in [0, 0.05) is 31.2 Å². The molecule has 4 heteroatoms. The number of aryl methyl sites for hydroxylation is 1. The molecule has 0 fully saturated rings. The number of nitrogens with zero attached hydrogens (tertiary/aromatic N) is 2. The molecule has 0 atom stereocenters. The van der Waals surface area contributed by atoms with Crippen molar-refractivity contribution in [3.05, 3.63) is 54.0 Å². The summed E-state index contributed by atoms with van der Waals surface area (Å²) >= 11 is 0. The van der Waals surface area contributed by atoms with Crippen molar-refractivity contribution in [3.8, 4) is 5.88 Å². The minimum absolute atomic E-state index is 0.682. The Hall–Kier alpha value is -1.94. The van der Waals surface area contributed by atoms with E-state index < -0.39 is 0 Å². The van der Waals surface area contributed by atoms with E-state index in [0.717, 1.165) is 25.9 Å². The van der Waals surface area contributed by atoms with Gasteiger partial charge in [-0.05, 0) is 42.6 Å². The second-order valence-electron chi connectivity index (χ2n) is 4.59. The molecule has 2 rings (SSSR count). The monoisotopic (exact) mass is 271 g/mol. The third kappa shape index (κ3) is 4.97. The summed E-state index contributed by atoms with van der Waals surface area (Å²) in [6, 6.07) is 8.05. The SMILES string of the molecule is CCNCc1ccc(OCCCc2ccncc2)nc1. The average Bonchev–Trinajstić information content (AvgIpc) is 2.52. The van der Waals surface area contributed by atoms with Crippen LogP contribution >= 0.6 is 0 Å². The highest BCUT2D eigenvalue weighted by Crippen LogP contribution is 2.08. The van der Waals surface area contributed by atoms with Gasteiger partial charge >= 0.3 is 0 Å². The second-order valence-corrected chi connectivity index (χ2v) is 4.59. The zero-order valence-electron chi connectivity index (χ0n) is 11.9. The lowest BCUT2D eigenvalue weighted by atomic mass is 10.1. The van der Waals surface area contributed by atoms with Gasteiger partial charge in [-0.2, -0.15) is 0 Å². The van der Waals surface area contributed by atoms with Gasteiger partial charge in [-0.25, -0.2) is 4.98 Å². The van der Waals surface area contributed by atoms with E-state index in [4.69, 9.17) is 4.74 Å².